The fourth-order valence-corrected chi connectivity index (χ4v) is 3.41. The van der Waals surface area contributed by atoms with Gasteiger partial charge in [0, 0.05) is 48.7 Å². The van der Waals surface area contributed by atoms with Crippen LogP contribution in [0.2, 0.25) is 0 Å². The quantitative estimate of drug-likeness (QED) is 0.329. The van der Waals surface area contributed by atoms with Crippen LogP contribution in [-0.4, -0.2) is 35.5 Å². The summed E-state index contributed by atoms with van der Waals surface area (Å²) in [5.41, 5.74) is 7.45. The number of nitrogens with one attached hydrogen (secondary N) is 3. The maximum Gasteiger partial charge on any atom is 0.231 e. The third kappa shape index (κ3) is 5.88. The van der Waals surface area contributed by atoms with Crippen molar-refractivity contribution in [2.75, 3.05) is 13.1 Å². The molecule has 1 atom stereocenters. The summed E-state index contributed by atoms with van der Waals surface area (Å²) in [7, 11) is 0. The molecular formula is C22H30N6O2+2. The number of allylic oxidation sites excluding steroid dienone is 3. The second-order valence-electron chi connectivity index (χ2n) is 7.71. The van der Waals surface area contributed by atoms with Crippen molar-refractivity contribution in [1.29, 1.82) is 5.41 Å². The number of benzene rings is 1. The normalized spacial score (nSPS) is 20.1. The molecule has 2 heterocycles. The Kier molecular flexibility index (Phi) is 7.16. The number of hydrogen-bond acceptors (Lipinski definition) is 4. The van der Waals surface area contributed by atoms with Gasteiger partial charge in [-0.15, -0.1) is 0 Å². The molecule has 1 fully saturated rings. The zero-order valence-corrected chi connectivity index (χ0v) is 17.4. The van der Waals surface area contributed by atoms with Crippen LogP contribution in [0, 0.1) is 11.3 Å². The second kappa shape index (κ2) is 10.00. The summed E-state index contributed by atoms with van der Waals surface area (Å²) in [6.07, 6.45) is 5.69. The molecule has 30 heavy (non-hydrogen) atoms. The van der Waals surface area contributed by atoms with E-state index < -0.39 is 0 Å². The molecule has 0 spiro atoms. The summed E-state index contributed by atoms with van der Waals surface area (Å²) in [4.78, 5) is 26.7. The number of carbonyl (C=O) groups is 2. The van der Waals surface area contributed by atoms with Gasteiger partial charge in [0.15, 0.2) is 11.5 Å². The molecule has 0 aromatic heterocycles. The van der Waals surface area contributed by atoms with Crippen LogP contribution in [0.5, 0.6) is 0 Å². The molecule has 1 saturated heterocycles. The van der Waals surface area contributed by atoms with E-state index in [0.29, 0.717) is 24.0 Å². The van der Waals surface area contributed by atoms with E-state index in [9.17, 15) is 9.59 Å². The molecule has 8 heteroatoms. The van der Waals surface area contributed by atoms with E-state index in [0.717, 1.165) is 23.6 Å². The predicted octanol–water partition coefficient (Wildman–Crippen LogP) is -0.230. The minimum absolute atomic E-state index is 0.0937. The average molecular weight is 411 g/mol. The van der Waals surface area contributed by atoms with Gasteiger partial charge >= 0.3 is 0 Å². The third-order valence-electron chi connectivity index (χ3n) is 4.96. The number of carbonyl (C=O) groups excluding carboxylic acids is 2. The molecule has 1 unspecified atom stereocenters. The molecule has 7 N–H and O–H groups in total. The first kappa shape index (κ1) is 21.5. The SMILES string of the molecule is CC(=N)C=C1[NH2+]CC(C)CN1C(=O)CCC(=O)NC1=CC=C(c2ccccc2)[NH2+]N1. The molecule has 0 bridgehead atoms. The number of amides is 2. The van der Waals surface area contributed by atoms with Crippen molar-refractivity contribution in [2.45, 2.75) is 26.7 Å². The highest BCUT2D eigenvalue weighted by Crippen LogP contribution is 2.11. The van der Waals surface area contributed by atoms with Gasteiger partial charge in [-0.2, -0.15) is 0 Å². The van der Waals surface area contributed by atoms with Gasteiger partial charge in [0.05, 0.1) is 6.54 Å². The van der Waals surface area contributed by atoms with Crippen molar-refractivity contribution in [3.8, 4) is 0 Å². The Morgan fingerprint density at radius 2 is 2.03 bits per heavy atom. The molecule has 2 aliphatic heterocycles. The van der Waals surface area contributed by atoms with Crippen LogP contribution >= 0.6 is 0 Å². The Morgan fingerprint density at radius 3 is 2.70 bits per heavy atom. The molecule has 0 saturated carbocycles. The Labute approximate surface area is 176 Å². The predicted molar refractivity (Wildman–Crippen MR) is 114 cm³/mol. The lowest BCUT2D eigenvalue weighted by molar-refractivity contribution is -0.634. The van der Waals surface area contributed by atoms with Gasteiger partial charge in [0.1, 0.15) is 0 Å². The second-order valence-corrected chi connectivity index (χ2v) is 7.71. The van der Waals surface area contributed by atoms with E-state index in [-0.39, 0.29) is 24.7 Å². The van der Waals surface area contributed by atoms with Gasteiger partial charge in [-0.1, -0.05) is 25.1 Å². The van der Waals surface area contributed by atoms with Gasteiger partial charge in [-0.25, -0.2) is 10.9 Å². The van der Waals surface area contributed by atoms with Gasteiger partial charge in [-0.05, 0) is 25.1 Å². The molecule has 2 aliphatic rings. The van der Waals surface area contributed by atoms with E-state index >= 15 is 0 Å². The van der Waals surface area contributed by atoms with Crippen LogP contribution in [0.4, 0.5) is 0 Å². The van der Waals surface area contributed by atoms with Crippen LogP contribution in [-0.2, 0) is 9.59 Å². The van der Waals surface area contributed by atoms with Crippen molar-refractivity contribution in [1.82, 2.24) is 15.6 Å². The molecule has 3 rings (SSSR count). The van der Waals surface area contributed by atoms with Crippen molar-refractivity contribution in [2.24, 2.45) is 5.92 Å². The molecule has 1 aromatic rings. The maximum absolute atomic E-state index is 12.7. The highest BCUT2D eigenvalue weighted by atomic mass is 16.2. The van der Waals surface area contributed by atoms with Crippen LogP contribution in [0.15, 0.2) is 60.2 Å². The molecular weight excluding hydrogens is 380 g/mol. The summed E-state index contributed by atoms with van der Waals surface area (Å²) in [5.74, 6) is 1.41. The van der Waals surface area contributed by atoms with Gasteiger partial charge in [-0.3, -0.25) is 19.8 Å². The van der Waals surface area contributed by atoms with Crippen molar-refractivity contribution in [3.05, 3.63) is 65.8 Å². The molecule has 158 valence electrons. The van der Waals surface area contributed by atoms with Gasteiger partial charge < -0.3 is 10.7 Å². The topological polar surface area (TPSA) is 119 Å². The van der Waals surface area contributed by atoms with Crippen LogP contribution in [0.3, 0.4) is 0 Å². The molecule has 8 nitrogen and oxygen atoms in total. The molecule has 1 aromatic carbocycles. The van der Waals surface area contributed by atoms with Crippen molar-refractivity contribution in [3.63, 3.8) is 0 Å². The first-order valence-electron chi connectivity index (χ1n) is 10.2. The van der Waals surface area contributed by atoms with E-state index in [1.54, 1.807) is 17.9 Å². The Balaban J connectivity index is 1.53. The van der Waals surface area contributed by atoms with E-state index in [1.165, 1.54) is 0 Å². The summed E-state index contributed by atoms with van der Waals surface area (Å²) in [6.45, 7) is 5.28. The smallest absolute Gasteiger partial charge is 0.231 e. The highest BCUT2D eigenvalue weighted by molar-refractivity contribution is 5.91. The zero-order chi connectivity index (χ0) is 21.5. The lowest BCUT2D eigenvalue weighted by atomic mass is 10.1. The fourth-order valence-electron chi connectivity index (χ4n) is 3.41. The number of quaternary nitrogens is 2. The van der Waals surface area contributed by atoms with Crippen molar-refractivity contribution < 1.29 is 20.3 Å². The number of rotatable bonds is 6. The summed E-state index contributed by atoms with van der Waals surface area (Å²) in [6, 6.07) is 9.97. The molecule has 0 radical (unpaired) electrons. The Bertz CT molecular complexity index is 903. The van der Waals surface area contributed by atoms with Crippen molar-refractivity contribution >= 4 is 23.2 Å². The third-order valence-corrected chi connectivity index (χ3v) is 4.96. The molecule has 0 aliphatic carbocycles. The average Bonchev–Trinajstić information content (AvgIpc) is 2.74. The number of nitrogens with zero attached hydrogens (tertiary/aromatic N) is 1. The lowest BCUT2D eigenvalue weighted by Crippen LogP contribution is -2.91. The van der Waals surface area contributed by atoms with E-state index in [1.807, 2.05) is 53.2 Å². The summed E-state index contributed by atoms with van der Waals surface area (Å²) in [5, 5.41) is 12.5. The first-order chi connectivity index (χ1) is 14.4. The Morgan fingerprint density at radius 1 is 1.27 bits per heavy atom. The Hall–Kier alpha value is -3.23. The maximum atomic E-state index is 12.7. The number of nitrogens with two attached hydrogens (primary N) is 2. The van der Waals surface area contributed by atoms with Crippen LogP contribution < -0.4 is 21.5 Å². The minimum Gasteiger partial charge on any atom is -0.309 e. The minimum atomic E-state index is -0.213. The van der Waals surface area contributed by atoms with E-state index in [2.05, 4.69) is 17.7 Å². The highest BCUT2D eigenvalue weighted by Gasteiger charge is 2.29. The lowest BCUT2D eigenvalue weighted by Gasteiger charge is -2.30. The standard InChI is InChI=1S/C22H28N6O2/c1-15-13-24-20(12-16(2)23)28(14-15)22(30)11-10-21(29)25-19-9-8-18(26-27-19)17-6-4-3-5-7-17/h3-9,12,15,23-24,26-27H,10-11,13-14H2,1-2H3,(H,25,29)/p+2. The van der Waals surface area contributed by atoms with Crippen LogP contribution in [0.25, 0.3) is 5.70 Å². The molecule has 2 amide bonds. The van der Waals surface area contributed by atoms with Gasteiger partial charge in [0.2, 0.25) is 17.6 Å². The summed E-state index contributed by atoms with van der Waals surface area (Å²) < 4.78 is 0. The van der Waals surface area contributed by atoms with E-state index in [4.69, 9.17) is 5.41 Å². The first-order valence-corrected chi connectivity index (χ1v) is 10.2. The fraction of sp³-hybridized carbons (Fsp3) is 0.318. The monoisotopic (exact) mass is 410 g/mol. The zero-order valence-electron chi connectivity index (χ0n) is 17.4. The summed E-state index contributed by atoms with van der Waals surface area (Å²) >= 11 is 0. The number of hydrogen-bond donors (Lipinski definition) is 5. The largest absolute Gasteiger partial charge is 0.309 e. The van der Waals surface area contributed by atoms with Crippen LogP contribution in [0.1, 0.15) is 32.3 Å². The van der Waals surface area contributed by atoms with Gasteiger partial charge in [0.25, 0.3) is 0 Å².